The van der Waals surface area contributed by atoms with Crippen molar-refractivity contribution >= 4 is 46.1 Å². The summed E-state index contributed by atoms with van der Waals surface area (Å²) in [5.41, 5.74) is -1.49. The number of hydrogen-bond donors (Lipinski definition) is 1. The van der Waals surface area contributed by atoms with Gasteiger partial charge in [0.2, 0.25) is 0 Å². The van der Waals surface area contributed by atoms with Crippen molar-refractivity contribution in [2.75, 3.05) is 0 Å². The highest BCUT2D eigenvalue weighted by molar-refractivity contribution is 7.77. The van der Waals surface area contributed by atoms with E-state index in [9.17, 15) is 27.2 Å². The van der Waals surface area contributed by atoms with Gasteiger partial charge in [-0.2, -0.15) is 18.4 Å². The molecule has 1 atom stereocenters. The SMILES string of the molecule is Cn1c(C#N)c(-c2cc(CNS(=O)[O-])c(Cl)cc2Cl)c(Cl)c1C(F)(F)F. The van der Waals surface area contributed by atoms with Crippen LogP contribution in [0.1, 0.15) is 17.0 Å². The average molecular weight is 446 g/mol. The topological polar surface area (TPSA) is 80.9 Å². The molecule has 5 nitrogen and oxygen atoms in total. The van der Waals surface area contributed by atoms with Gasteiger partial charge in [0, 0.05) is 41.0 Å². The zero-order chi connectivity index (χ0) is 19.8. The summed E-state index contributed by atoms with van der Waals surface area (Å²) >= 11 is 15.4. The van der Waals surface area contributed by atoms with Gasteiger partial charge >= 0.3 is 6.18 Å². The molecule has 1 heterocycles. The molecule has 0 amide bonds. The molecule has 2 rings (SSSR count). The number of nitrogens with one attached hydrogen (secondary N) is 1. The summed E-state index contributed by atoms with van der Waals surface area (Å²) in [6.45, 7) is -0.225. The molecule has 140 valence electrons. The van der Waals surface area contributed by atoms with E-state index in [1.807, 2.05) is 0 Å². The molecule has 0 spiro atoms. The van der Waals surface area contributed by atoms with E-state index in [1.165, 1.54) is 12.1 Å². The lowest BCUT2D eigenvalue weighted by molar-refractivity contribution is -0.143. The largest absolute Gasteiger partial charge is 0.760 e. The third-order valence-corrected chi connectivity index (χ3v) is 4.91. The molecule has 0 radical (unpaired) electrons. The molecule has 12 heteroatoms. The van der Waals surface area contributed by atoms with Crippen molar-refractivity contribution in [2.45, 2.75) is 12.7 Å². The number of aromatic nitrogens is 1. The first-order chi connectivity index (χ1) is 12.0. The summed E-state index contributed by atoms with van der Waals surface area (Å²) in [6.07, 6.45) is -4.79. The Kier molecular flexibility index (Phi) is 6.28. The highest BCUT2D eigenvalue weighted by Crippen LogP contribution is 2.46. The number of halogens is 6. The van der Waals surface area contributed by atoms with Crippen LogP contribution in [0, 0.1) is 11.3 Å². The zero-order valence-electron chi connectivity index (χ0n) is 12.7. The molecule has 0 aliphatic heterocycles. The van der Waals surface area contributed by atoms with Gasteiger partial charge in [0.25, 0.3) is 0 Å². The van der Waals surface area contributed by atoms with E-state index in [1.54, 1.807) is 6.07 Å². The van der Waals surface area contributed by atoms with Gasteiger partial charge < -0.3 is 9.12 Å². The molecular weight excluding hydrogens is 438 g/mol. The summed E-state index contributed by atoms with van der Waals surface area (Å²) < 4.78 is 63.8. The number of alkyl halides is 3. The zero-order valence-corrected chi connectivity index (χ0v) is 15.8. The highest BCUT2D eigenvalue weighted by Gasteiger charge is 2.40. The maximum Gasteiger partial charge on any atom is 0.432 e. The van der Waals surface area contributed by atoms with Gasteiger partial charge in [-0.15, -0.1) is 0 Å². The Bertz CT molecular complexity index is 938. The van der Waals surface area contributed by atoms with E-state index in [2.05, 4.69) is 4.72 Å². The van der Waals surface area contributed by atoms with E-state index < -0.39 is 28.2 Å². The summed E-state index contributed by atoms with van der Waals surface area (Å²) in [5.74, 6) is 0. The van der Waals surface area contributed by atoms with E-state index >= 15 is 0 Å². The third-order valence-electron chi connectivity index (χ3n) is 3.50. The fraction of sp³-hybridized carbons (Fsp3) is 0.214. The molecule has 0 fully saturated rings. The Morgan fingerprint density at radius 2 is 1.92 bits per heavy atom. The summed E-state index contributed by atoms with van der Waals surface area (Å²) in [4.78, 5) is 0. The van der Waals surface area contributed by atoms with Crippen LogP contribution in [0.25, 0.3) is 11.1 Å². The molecule has 1 unspecified atom stereocenters. The highest BCUT2D eigenvalue weighted by atomic mass is 35.5. The Labute approximate surface area is 163 Å². The Hall–Kier alpha value is -1.28. The quantitative estimate of drug-likeness (QED) is 0.707. The number of hydrogen-bond acceptors (Lipinski definition) is 3. The lowest BCUT2D eigenvalue weighted by Gasteiger charge is -2.12. The monoisotopic (exact) mass is 444 g/mol. The summed E-state index contributed by atoms with van der Waals surface area (Å²) in [7, 11) is 1.06. The molecule has 1 aromatic carbocycles. The molecule has 0 saturated heterocycles. The molecule has 2 aromatic rings. The van der Waals surface area contributed by atoms with Crippen molar-refractivity contribution in [3.63, 3.8) is 0 Å². The van der Waals surface area contributed by atoms with Crippen molar-refractivity contribution in [1.82, 2.24) is 9.29 Å². The van der Waals surface area contributed by atoms with Crippen molar-refractivity contribution < 1.29 is 21.9 Å². The van der Waals surface area contributed by atoms with Crippen molar-refractivity contribution in [3.8, 4) is 17.2 Å². The molecule has 26 heavy (non-hydrogen) atoms. The van der Waals surface area contributed by atoms with Crippen LogP contribution in [0.4, 0.5) is 13.2 Å². The Balaban J connectivity index is 2.75. The maximum absolute atomic E-state index is 13.3. The van der Waals surface area contributed by atoms with Crippen LogP contribution >= 0.6 is 34.8 Å². The number of nitrogens with zero attached hydrogens (tertiary/aromatic N) is 2. The Morgan fingerprint density at radius 1 is 1.31 bits per heavy atom. The van der Waals surface area contributed by atoms with Crippen LogP contribution in [-0.4, -0.2) is 13.3 Å². The second-order valence-corrected chi connectivity index (χ2v) is 6.98. The second kappa shape index (κ2) is 7.76. The van der Waals surface area contributed by atoms with Crippen LogP contribution in [-0.2, 0) is 31.0 Å². The van der Waals surface area contributed by atoms with Gasteiger partial charge in [-0.3, -0.25) is 4.21 Å². The lowest BCUT2D eigenvalue weighted by atomic mass is 10.0. The molecule has 1 N–H and O–H groups in total. The lowest BCUT2D eigenvalue weighted by Crippen LogP contribution is -2.15. The van der Waals surface area contributed by atoms with Crippen LogP contribution in [0.5, 0.6) is 0 Å². The molecule has 1 aromatic heterocycles. The minimum Gasteiger partial charge on any atom is -0.760 e. The first-order valence-electron chi connectivity index (χ1n) is 6.65. The van der Waals surface area contributed by atoms with Gasteiger partial charge in [-0.05, 0) is 17.7 Å². The van der Waals surface area contributed by atoms with Crippen LogP contribution in [0.2, 0.25) is 15.1 Å². The van der Waals surface area contributed by atoms with Gasteiger partial charge in [-0.25, -0.2) is 4.72 Å². The van der Waals surface area contributed by atoms with Crippen molar-refractivity contribution in [2.24, 2.45) is 7.05 Å². The Morgan fingerprint density at radius 3 is 2.42 bits per heavy atom. The van der Waals surface area contributed by atoms with Gasteiger partial charge in [0.05, 0.1) is 10.0 Å². The van der Waals surface area contributed by atoms with Gasteiger partial charge in [0.15, 0.2) is 0 Å². The van der Waals surface area contributed by atoms with E-state index in [0.717, 1.165) is 7.05 Å². The number of nitriles is 1. The molecule has 0 aliphatic rings. The van der Waals surface area contributed by atoms with Crippen molar-refractivity contribution in [1.29, 1.82) is 5.26 Å². The minimum absolute atomic E-state index is 0.0252. The van der Waals surface area contributed by atoms with E-state index in [-0.39, 0.29) is 39.0 Å². The van der Waals surface area contributed by atoms with Crippen LogP contribution in [0.15, 0.2) is 12.1 Å². The number of rotatable bonds is 4. The first-order valence-corrected chi connectivity index (χ1v) is 8.86. The fourth-order valence-electron chi connectivity index (χ4n) is 2.40. The smallest absolute Gasteiger partial charge is 0.432 e. The fourth-order valence-corrected chi connectivity index (χ4v) is 3.64. The van der Waals surface area contributed by atoms with E-state index in [0.29, 0.717) is 4.57 Å². The standard InChI is InChI=1S/C14H9Cl3F3N3O2S/c1-23-10(4-21)11(12(17)13(23)14(18,19)20)7-2-6(5-22-26(24)25)8(15)3-9(7)16/h2-3,22H,5H2,1H3,(H,24,25)/p-1. The van der Waals surface area contributed by atoms with Gasteiger partial charge in [0.1, 0.15) is 17.5 Å². The predicted octanol–water partition coefficient (Wildman–Crippen LogP) is 4.43. The third kappa shape index (κ3) is 4.01. The van der Waals surface area contributed by atoms with E-state index in [4.69, 9.17) is 34.8 Å². The normalized spacial score (nSPS) is 12.9. The maximum atomic E-state index is 13.3. The number of benzene rings is 1. The first kappa shape index (κ1) is 21.0. The molecule has 0 saturated carbocycles. The summed E-state index contributed by atoms with van der Waals surface area (Å²) in [5, 5.41) is 8.66. The minimum atomic E-state index is -4.79. The molecular formula is C14H8Cl3F3N3O2S-. The second-order valence-electron chi connectivity index (χ2n) is 5.03. The van der Waals surface area contributed by atoms with Gasteiger partial charge in [-0.1, -0.05) is 34.8 Å². The molecule has 0 aliphatic carbocycles. The molecule has 0 bridgehead atoms. The predicted molar refractivity (Wildman–Crippen MR) is 91.4 cm³/mol. The summed E-state index contributed by atoms with van der Waals surface area (Å²) in [6, 6.07) is 4.20. The van der Waals surface area contributed by atoms with Crippen LogP contribution in [0.3, 0.4) is 0 Å². The average Bonchev–Trinajstić information content (AvgIpc) is 2.76. The van der Waals surface area contributed by atoms with Crippen LogP contribution < -0.4 is 4.72 Å². The van der Waals surface area contributed by atoms with Crippen molar-refractivity contribution in [3.05, 3.63) is 44.2 Å².